The average Bonchev–Trinajstić information content (AvgIpc) is 2.77. The number of furan rings is 1. The molecule has 1 aromatic carbocycles. The summed E-state index contributed by atoms with van der Waals surface area (Å²) in [5.74, 6) is -0.648. The van der Waals surface area contributed by atoms with Crippen molar-refractivity contribution in [3.8, 4) is 0 Å². The fourth-order valence-electron chi connectivity index (χ4n) is 1.20. The van der Waals surface area contributed by atoms with Crippen molar-refractivity contribution in [2.75, 3.05) is 0 Å². The van der Waals surface area contributed by atoms with Crippen molar-refractivity contribution in [2.24, 2.45) is 4.99 Å². The van der Waals surface area contributed by atoms with E-state index < -0.39 is 10.7 Å². The lowest BCUT2D eigenvalue weighted by atomic mass is 10.3. The van der Waals surface area contributed by atoms with Crippen LogP contribution in [0.4, 0.5) is 16.0 Å². The first-order chi connectivity index (χ1) is 8.16. The van der Waals surface area contributed by atoms with E-state index in [4.69, 9.17) is 4.42 Å². The summed E-state index contributed by atoms with van der Waals surface area (Å²) >= 11 is 0. The summed E-state index contributed by atoms with van der Waals surface area (Å²) in [5.41, 5.74) is 0.145. The van der Waals surface area contributed by atoms with Gasteiger partial charge < -0.3 is 4.42 Å². The topological polar surface area (TPSA) is 68.6 Å². The van der Waals surface area contributed by atoms with Gasteiger partial charge in [-0.25, -0.2) is 9.38 Å². The van der Waals surface area contributed by atoms with E-state index in [0.29, 0.717) is 0 Å². The Hall–Kier alpha value is -2.50. The first kappa shape index (κ1) is 11.0. The minimum absolute atomic E-state index is 0.145. The van der Waals surface area contributed by atoms with Crippen LogP contribution >= 0.6 is 0 Å². The Bertz CT molecular complexity index is 578. The van der Waals surface area contributed by atoms with E-state index in [1.54, 1.807) is 12.1 Å². The minimum atomic E-state index is -0.652. The molecular weight excluding hydrogens is 227 g/mol. The average molecular weight is 234 g/mol. The third-order valence-corrected chi connectivity index (χ3v) is 1.98. The van der Waals surface area contributed by atoms with Crippen molar-refractivity contribution in [2.45, 2.75) is 0 Å². The molecule has 0 aliphatic heterocycles. The van der Waals surface area contributed by atoms with E-state index in [1.807, 2.05) is 0 Å². The Balaban J connectivity index is 2.20. The van der Waals surface area contributed by atoms with Gasteiger partial charge in [-0.1, -0.05) is 12.1 Å². The summed E-state index contributed by atoms with van der Waals surface area (Å²) in [6, 6.07) is 8.55. The van der Waals surface area contributed by atoms with Gasteiger partial charge in [-0.3, -0.25) is 10.1 Å². The summed E-state index contributed by atoms with van der Waals surface area (Å²) in [7, 11) is 0. The zero-order valence-electron chi connectivity index (χ0n) is 8.54. The molecule has 5 nitrogen and oxygen atoms in total. The molecule has 0 amide bonds. The van der Waals surface area contributed by atoms with E-state index in [2.05, 4.69) is 4.99 Å². The lowest BCUT2D eigenvalue weighted by Crippen LogP contribution is -1.83. The van der Waals surface area contributed by atoms with Gasteiger partial charge in [0.1, 0.15) is 10.7 Å². The van der Waals surface area contributed by atoms with E-state index in [1.165, 1.54) is 30.5 Å². The molecule has 0 bridgehead atoms. The van der Waals surface area contributed by atoms with Gasteiger partial charge >= 0.3 is 5.88 Å². The van der Waals surface area contributed by atoms with Gasteiger partial charge in [0.25, 0.3) is 0 Å². The molecule has 0 spiro atoms. The van der Waals surface area contributed by atoms with Crippen LogP contribution in [0, 0.1) is 15.9 Å². The number of nitro groups is 1. The maximum atomic E-state index is 13.2. The molecule has 17 heavy (non-hydrogen) atoms. The number of benzene rings is 1. The van der Waals surface area contributed by atoms with E-state index in [0.717, 1.165) is 0 Å². The molecule has 0 saturated carbocycles. The lowest BCUT2D eigenvalue weighted by Gasteiger charge is -1.93. The van der Waals surface area contributed by atoms with E-state index in [9.17, 15) is 14.5 Å². The number of hydrogen-bond donors (Lipinski definition) is 0. The number of aliphatic imine (C=N–C) groups is 1. The number of nitrogens with zero attached hydrogens (tertiary/aromatic N) is 2. The minimum Gasteiger partial charge on any atom is -0.400 e. The number of halogens is 1. The first-order valence-corrected chi connectivity index (χ1v) is 4.69. The van der Waals surface area contributed by atoms with Gasteiger partial charge in [-0.2, -0.15) is 0 Å². The van der Waals surface area contributed by atoms with Crippen molar-refractivity contribution >= 4 is 17.8 Å². The molecule has 0 fully saturated rings. The molecule has 0 radical (unpaired) electrons. The van der Waals surface area contributed by atoms with Gasteiger partial charge in [-0.15, -0.1) is 0 Å². The third kappa shape index (κ3) is 2.54. The van der Waals surface area contributed by atoms with Crippen LogP contribution < -0.4 is 0 Å². The molecule has 0 N–H and O–H groups in total. The van der Waals surface area contributed by atoms with Gasteiger partial charge in [0, 0.05) is 0 Å². The third-order valence-electron chi connectivity index (χ3n) is 1.98. The molecule has 0 aliphatic carbocycles. The summed E-state index contributed by atoms with van der Waals surface area (Å²) in [4.78, 5) is 13.5. The molecule has 0 atom stereocenters. The van der Waals surface area contributed by atoms with Crippen LogP contribution in [0.3, 0.4) is 0 Å². The highest BCUT2D eigenvalue weighted by Crippen LogP contribution is 2.18. The van der Waals surface area contributed by atoms with Crippen LogP contribution in [0.15, 0.2) is 45.8 Å². The van der Waals surface area contributed by atoms with Crippen molar-refractivity contribution < 1.29 is 13.7 Å². The standard InChI is InChI=1S/C11H7FN2O3/c12-9-3-1-2-4-10(9)13-7-8-5-6-11(17-8)14(15)16/h1-7H. The zero-order valence-corrected chi connectivity index (χ0v) is 8.54. The van der Waals surface area contributed by atoms with E-state index in [-0.39, 0.29) is 17.3 Å². The second-order valence-electron chi connectivity index (χ2n) is 3.14. The maximum Gasteiger partial charge on any atom is 0.433 e. The van der Waals surface area contributed by atoms with E-state index >= 15 is 0 Å². The quantitative estimate of drug-likeness (QED) is 0.465. The normalized spacial score (nSPS) is 10.9. The van der Waals surface area contributed by atoms with Crippen molar-refractivity contribution in [3.63, 3.8) is 0 Å². The van der Waals surface area contributed by atoms with Gasteiger partial charge in [-0.05, 0) is 18.2 Å². The molecule has 86 valence electrons. The van der Waals surface area contributed by atoms with Gasteiger partial charge in [0.15, 0.2) is 5.76 Å². The fourth-order valence-corrected chi connectivity index (χ4v) is 1.20. The van der Waals surface area contributed by atoms with Crippen LogP contribution in [-0.2, 0) is 0 Å². The Morgan fingerprint density at radius 1 is 1.29 bits per heavy atom. The second-order valence-corrected chi connectivity index (χ2v) is 3.14. The Morgan fingerprint density at radius 3 is 2.71 bits per heavy atom. The zero-order chi connectivity index (χ0) is 12.3. The maximum absolute atomic E-state index is 13.2. The van der Waals surface area contributed by atoms with Crippen LogP contribution in [0.2, 0.25) is 0 Å². The molecule has 1 aromatic heterocycles. The molecule has 6 heteroatoms. The number of para-hydroxylation sites is 1. The van der Waals surface area contributed by atoms with Crippen LogP contribution in [-0.4, -0.2) is 11.1 Å². The van der Waals surface area contributed by atoms with Crippen LogP contribution in [0.1, 0.15) is 5.76 Å². The highest BCUT2D eigenvalue weighted by Gasteiger charge is 2.10. The molecule has 0 aliphatic rings. The molecule has 0 unspecified atom stereocenters. The molecule has 0 saturated heterocycles. The van der Waals surface area contributed by atoms with Crippen molar-refractivity contribution in [1.29, 1.82) is 0 Å². The van der Waals surface area contributed by atoms with Crippen molar-refractivity contribution in [3.05, 3.63) is 58.1 Å². The van der Waals surface area contributed by atoms with Crippen LogP contribution in [0.25, 0.3) is 0 Å². The summed E-state index contributed by atoms with van der Waals surface area (Å²) in [6.45, 7) is 0. The molecule has 2 aromatic rings. The predicted octanol–water partition coefficient (Wildman–Crippen LogP) is 3.08. The second kappa shape index (κ2) is 4.56. The monoisotopic (exact) mass is 234 g/mol. The Labute approximate surface area is 95.4 Å². The lowest BCUT2D eigenvalue weighted by molar-refractivity contribution is -0.402. The molecule has 1 heterocycles. The Morgan fingerprint density at radius 2 is 2.06 bits per heavy atom. The first-order valence-electron chi connectivity index (χ1n) is 4.69. The molecular formula is C11H7FN2O3. The van der Waals surface area contributed by atoms with Crippen LogP contribution in [0.5, 0.6) is 0 Å². The summed E-state index contributed by atoms with van der Waals surface area (Å²) < 4.78 is 18.0. The highest BCUT2D eigenvalue weighted by molar-refractivity contribution is 5.79. The van der Waals surface area contributed by atoms with Gasteiger partial charge in [0.05, 0.1) is 18.0 Å². The predicted molar refractivity (Wildman–Crippen MR) is 59.0 cm³/mol. The number of hydrogen-bond acceptors (Lipinski definition) is 4. The van der Waals surface area contributed by atoms with Gasteiger partial charge in [0.2, 0.25) is 0 Å². The Kier molecular flexibility index (Phi) is 2.95. The fraction of sp³-hybridized carbons (Fsp3) is 0. The SMILES string of the molecule is O=[N+]([O-])c1ccc(C=Nc2ccccc2F)o1. The smallest absolute Gasteiger partial charge is 0.400 e. The van der Waals surface area contributed by atoms with Crippen molar-refractivity contribution in [1.82, 2.24) is 0 Å². The largest absolute Gasteiger partial charge is 0.433 e. The summed E-state index contributed by atoms with van der Waals surface area (Å²) in [5, 5.41) is 10.3. The number of rotatable bonds is 3. The summed E-state index contributed by atoms with van der Waals surface area (Å²) in [6.07, 6.45) is 1.23. The molecule has 2 rings (SSSR count). The highest BCUT2D eigenvalue weighted by atomic mass is 19.1.